The van der Waals surface area contributed by atoms with Crippen molar-refractivity contribution < 1.29 is 9.90 Å². The van der Waals surface area contributed by atoms with Crippen molar-refractivity contribution in [1.29, 1.82) is 0 Å². The number of carboxylic acid groups (broad SMARTS) is 1. The van der Waals surface area contributed by atoms with Gasteiger partial charge in [-0.15, -0.1) is 11.3 Å². The Hall–Kier alpha value is -1.42. The zero-order valence-corrected chi connectivity index (χ0v) is 8.47. The van der Waals surface area contributed by atoms with E-state index in [9.17, 15) is 4.79 Å². The molecule has 0 amide bonds. The summed E-state index contributed by atoms with van der Waals surface area (Å²) in [5, 5.41) is 8.61. The van der Waals surface area contributed by atoms with Crippen molar-refractivity contribution >= 4 is 27.5 Å². The van der Waals surface area contributed by atoms with E-state index in [1.807, 2.05) is 19.1 Å². The van der Waals surface area contributed by atoms with Crippen LogP contribution in [0.3, 0.4) is 0 Å². The average Bonchev–Trinajstić information content (AvgIpc) is 2.42. The lowest BCUT2D eigenvalue weighted by Crippen LogP contribution is -2.01. The van der Waals surface area contributed by atoms with E-state index in [2.05, 4.69) is 4.98 Å². The monoisotopic (exact) mass is 207 g/mol. The van der Waals surface area contributed by atoms with Gasteiger partial charge >= 0.3 is 5.97 Å². The van der Waals surface area contributed by atoms with E-state index in [-0.39, 0.29) is 6.42 Å². The van der Waals surface area contributed by atoms with Crippen LogP contribution in [0.15, 0.2) is 18.2 Å². The smallest absolute Gasteiger partial charge is 0.309 e. The number of aromatic nitrogens is 1. The van der Waals surface area contributed by atoms with Gasteiger partial charge in [0.2, 0.25) is 0 Å². The van der Waals surface area contributed by atoms with E-state index in [1.165, 1.54) is 4.88 Å². The zero-order valence-electron chi connectivity index (χ0n) is 7.65. The first-order chi connectivity index (χ1) is 6.65. The Morgan fingerprint density at radius 3 is 3.07 bits per heavy atom. The van der Waals surface area contributed by atoms with Crippen LogP contribution in [0.25, 0.3) is 10.2 Å². The highest BCUT2D eigenvalue weighted by Crippen LogP contribution is 2.23. The molecule has 2 rings (SSSR count). The van der Waals surface area contributed by atoms with Crippen LogP contribution in [0.2, 0.25) is 0 Å². The summed E-state index contributed by atoms with van der Waals surface area (Å²) in [6, 6.07) is 5.68. The number of aliphatic carboxylic acids is 1. The quantitative estimate of drug-likeness (QED) is 0.821. The molecule has 0 aromatic carbocycles. The number of nitrogens with zero attached hydrogens (tertiary/aromatic N) is 1. The van der Waals surface area contributed by atoms with Crippen molar-refractivity contribution in [2.75, 3.05) is 0 Å². The molecular weight excluding hydrogens is 198 g/mol. The van der Waals surface area contributed by atoms with Crippen LogP contribution in [-0.4, -0.2) is 16.1 Å². The van der Waals surface area contributed by atoms with E-state index in [1.54, 1.807) is 17.4 Å². The van der Waals surface area contributed by atoms with Gasteiger partial charge in [-0.1, -0.05) is 0 Å². The minimum Gasteiger partial charge on any atom is -0.481 e. The zero-order chi connectivity index (χ0) is 10.1. The summed E-state index contributed by atoms with van der Waals surface area (Å²) in [5.74, 6) is -0.844. The van der Waals surface area contributed by atoms with E-state index < -0.39 is 5.97 Å². The number of rotatable bonds is 2. The van der Waals surface area contributed by atoms with Gasteiger partial charge in [0, 0.05) is 4.88 Å². The van der Waals surface area contributed by atoms with Crippen LogP contribution in [0, 0.1) is 6.92 Å². The number of thiophene rings is 1. The molecule has 0 aliphatic heterocycles. The molecule has 0 saturated heterocycles. The number of fused-ring (bicyclic) bond motifs is 1. The van der Waals surface area contributed by atoms with Gasteiger partial charge < -0.3 is 5.11 Å². The Kier molecular flexibility index (Phi) is 2.21. The SMILES string of the molecule is Cc1cc2nc(CC(=O)O)ccc2s1. The van der Waals surface area contributed by atoms with Gasteiger partial charge in [0.05, 0.1) is 22.3 Å². The van der Waals surface area contributed by atoms with Crippen LogP contribution in [0.1, 0.15) is 10.6 Å². The molecule has 1 N–H and O–H groups in total. The fourth-order valence-electron chi connectivity index (χ4n) is 1.34. The predicted octanol–water partition coefficient (Wildman–Crippen LogP) is 2.23. The molecule has 3 nitrogen and oxygen atoms in total. The minimum absolute atomic E-state index is 0.00909. The number of aryl methyl sites for hydroxylation is 1. The lowest BCUT2D eigenvalue weighted by molar-refractivity contribution is -0.136. The van der Waals surface area contributed by atoms with Gasteiger partial charge in [0.15, 0.2) is 0 Å². The lowest BCUT2D eigenvalue weighted by atomic mass is 10.2. The summed E-state index contributed by atoms with van der Waals surface area (Å²) < 4.78 is 1.11. The molecule has 0 unspecified atom stereocenters. The first kappa shape index (κ1) is 9.15. The van der Waals surface area contributed by atoms with Crippen molar-refractivity contribution in [3.05, 3.63) is 28.8 Å². The number of hydrogen-bond acceptors (Lipinski definition) is 3. The Bertz CT molecular complexity index is 490. The van der Waals surface area contributed by atoms with Crippen molar-refractivity contribution in [2.45, 2.75) is 13.3 Å². The highest BCUT2D eigenvalue weighted by Gasteiger charge is 2.04. The maximum atomic E-state index is 10.5. The van der Waals surface area contributed by atoms with Crippen molar-refractivity contribution in [1.82, 2.24) is 4.98 Å². The summed E-state index contributed by atoms with van der Waals surface area (Å²) in [6.45, 7) is 2.02. The standard InChI is InChI=1S/C10H9NO2S/c1-6-4-8-9(14-6)3-2-7(11-8)5-10(12)13/h2-4H,5H2,1H3,(H,12,13). The second-order valence-corrected chi connectivity index (χ2v) is 4.40. The second kappa shape index (κ2) is 3.38. The first-order valence-corrected chi connectivity index (χ1v) is 5.04. The Balaban J connectivity index is 2.45. The van der Waals surface area contributed by atoms with Gasteiger partial charge in [-0.05, 0) is 25.1 Å². The third kappa shape index (κ3) is 1.75. The topological polar surface area (TPSA) is 50.2 Å². The van der Waals surface area contributed by atoms with Gasteiger partial charge in [-0.3, -0.25) is 9.78 Å². The van der Waals surface area contributed by atoms with Crippen LogP contribution >= 0.6 is 11.3 Å². The van der Waals surface area contributed by atoms with Crippen LogP contribution < -0.4 is 0 Å². The average molecular weight is 207 g/mol. The molecular formula is C10H9NO2S. The maximum absolute atomic E-state index is 10.5. The second-order valence-electron chi connectivity index (χ2n) is 3.11. The molecule has 14 heavy (non-hydrogen) atoms. The Morgan fingerprint density at radius 2 is 2.36 bits per heavy atom. The number of hydrogen-bond donors (Lipinski definition) is 1. The summed E-state index contributed by atoms with van der Waals surface area (Å²) in [7, 11) is 0. The normalized spacial score (nSPS) is 10.6. The molecule has 4 heteroatoms. The molecule has 0 aliphatic rings. The predicted molar refractivity (Wildman–Crippen MR) is 55.7 cm³/mol. The van der Waals surface area contributed by atoms with Crippen LogP contribution in [0.4, 0.5) is 0 Å². The largest absolute Gasteiger partial charge is 0.481 e. The van der Waals surface area contributed by atoms with Crippen molar-refractivity contribution in [2.24, 2.45) is 0 Å². The van der Waals surface area contributed by atoms with Crippen molar-refractivity contribution in [3.63, 3.8) is 0 Å². The molecule has 0 saturated carbocycles. The lowest BCUT2D eigenvalue weighted by Gasteiger charge is -1.95. The fourth-order valence-corrected chi connectivity index (χ4v) is 2.21. The number of carboxylic acids is 1. The summed E-state index contributed by atoms with van der Waals surface area (Å²) in [6.07, 6.45) is -0.00909. The van der Waals surface area contributed by atoms with Gasteiger partial charge in [0.25, 0.3) is 0 Å². The van der Waals surface area contributed by atoms with Crippen LogP contribution in [0.5, 0.6) is 0 Å². The Labute approximate surface area is 85.0 Å². The van der Waals surface area contributed by atoms with Gasteiger partial charge in [0.1, 0.15) is 0 Å². The summed E-state index contributed by atoms with van der Waals surface area (Å²) in [5.41, 5.74) is 1.51. The third-order valence-electron chi connectivity index (χ3n) is 1.89. The van der Waals surface area contributed by atoms with Gasteiger partial charge in [-0.2, -0.15) is 0 Å². The highest BCUT2D eigenvalue weighted by atomic mass is 32.1. The summed E-state index contributed by atoms with van der Waals surface area (Å²) in [4.78, 5) is 15.9. The highest BCUT2D eigenvalue weighted by molar-refractivity contribution is 7.18. The third-order valence-corrected chi connectivity index (χ3v) is 2.89. The van der Waals surface area contributed by atoms with E-state index in [0.29, 0.717) is 5.69 Å². The molecule has 0 radical (unpaired) electrons. The first-order valence-electron chi connectivity index (χ1n) is 4.23. The molecule has 2 aromatic rings. The van der Waals surface area contributed by atoms with E-state index >= 15 is 0 Å². The van der Waals surface area contributed by atoms with Crippen molar-refractivity contribution in [3.8, 4) is 0 Å². The molecule has 0 atom stereocenters. The maximum Gasteiger partial charge on any atom is 0.309 e. The minimum atomic E-state index is -0.844. The molecule has 2 aromatic heterocycles. The summed E-state index contributed by atoms with van der Waals surface area (Å²) >= 11 is 1.67. The molecule has 0 bridgehead atoms. The molecule has 0 fully saturated rings. The number of pyridine rings is 1. The molecule has 72 valence electrons. The molecule has 2 heterocycles. The molecule has 0 spiro atoms. The fraction of sp³-hybridized carbons (Fsp3) is 0.200. The van der Waals surface area contributed by atoms with E-state index in [0.717, 1.165) is 10.2 Å². The van der Waals surface area contributed by atoms with Crippen LogP contribution in [-0.2, 0) is 11.2 Å². The van der Waals surface area contributed by atoms with E-state index in [4.69, 9.17) is 5.11 Å². The Morgan fingerprint density at radius 1 is 1.57 bits per heavy atom. The van der Waals surface area contributed by atoms with Gasteiger partial charge in [-0.25, -0.2) is 0 Å². The number of carbonyl (C=O) groups is 1. The molecule has 0 aliphatic carbocycles.